The van der Waals surface area contributed by atoms with Crippen LogP contribution in [-0.2, 0) is 28.1 Å². The molecule has 2 saturated heterocycles. The Hall–Kier alpha value is -1.84. The lowest BCUT2D eigenvalue weighted by atomic mass is 10.1. The first-order chi connectivity index (χ1) is 17.7. The van der Waals surface area contributed by atoms with Crippen molar-refractivity contribution in [2.24, 2.45) is 0 Å². The molecular formula is C23H36N5O6PS. The Morgan fingerprint density at radius 2 is 2.08 bits per heavy atom. The van der Waals surface area contributed by atoms with Crippen molar-refractivity contribution < 1.29 is 29.4 Å². The van der Waals surface area contributed by atoms with E-state index in [2.05, 4.69) is 16.6 Å². The second-order valence-corrected chi connectivity index (χ2v) is 10.7. The number of ether oxygens (including phenoxy) is 3. The molecule has 0 aromatic carbocycles. The van der Waals surface area contributed by atoms with Crippen molar-refractivity contribution in [2.75, 3.05) is 32.9 Å². The van der Waals surface area contributed by atoms with E-state index in [1.807, 2.05) is 38.7 Å². The number of nitrogens with zero attached hydrogens (tertiary/aromatic N) is 4. The normalized spacial score (nSPS) is 27.9. The highest BCUT2D eigenvalue weighted by Gasteiger charge is 2.51. The lowest BCUT2D eigenvalue weighted by molar-refractivity contribution is -0.118. The standard InChI is InChI=1S/C23H36N5O6PS/c1-15(2)28(16(3)4)35(31-12-8-24)34-20-17(5)32-22(27-9-7-19(29)25-18(27)6)21(20)33-23(36)26-10-13-30-14-11-26/h7,9,15-17,20-22H,6,10-14H2,1-5H3,(H,25,29)/t17-,20+,21+,22?,35?/m1/s1/i5D. The van der Waals surface area contributed by atoms with Crippen molar-refractivity contribution in [1.29, 1.82) is 5.26 Å². The Morgan fingerprint density at radius 1 is 1.39 bits per heavy atom. The molecule has 0 aromatic heterocycles. The Balaban J connectivity index is 1.94. The molecule has 2 fully saturated rings. The van der Waals surface area contributed by atoms with Gasteiger partial charge >= 0.3 is 0 Å². The fourth-order valence-electron chi connectivity index (χ4n) is 4.16. The number of amides is 1. The number of nitriles is 1. The summed E-state index contributed by atoms with van der Waals surface area (Å²) in [6.45, 7) is 14.0. The third-order valence-electron chi connectivity index (χ3n) is 5.73. The molecule has 5 atom stereocenters. The van der Waals surface area contributed by atoms with Crippen LogP contribution in [0.2, 0.25) is 0 Å². The van der Waals surface area contributed by atoms with E-state index in [0.29, 0.717) is 32.1 Å². The Morgan fingerprint density at radius 3 is 2.67 bits per heavy atom. The molecule has 36 heavy (non-hydrogen) atoms. The van der Waals surface area contributed by atoms with Gasteiger partial charge in [0.05, 0.1) is 25.4 Å². The fraction of sp³-hybridized carbons (Fsp3) is 0.696. The molecule has 3 heterocycles. The molecule has 0 aromatic rings. The SMILES string of the molecule is [2H]C[C@H]1OC(N2C=CC(=O)NC2=C)[C@@H](OC(=S)N2CCOCC2)[C@H]1OP(OCC#N)N(C(C)C)C(C)C. The van der Waals surface area contributed by atoms with Crippen LogP contribution < -0.4 is 5.32 Å². The molecule has 0 bridgehead atoms. The van der Waals surface area contributed by atoms with E-state index in [1.165, 1.54) is 6.08 Å². The maximum atomic E-state index is 11.8. The smallest absolute Gasteiger partial charge is 0.260 e. The molecule has 0 saturated carbocycles. The molecule has 0 radical (unpaired) electrons. The molecule has 3 aliphatic heterocycles. The van der Waals surface area contributed by atoms with Gasteiger partial charge in [0.25, 0.3) is 19.6 Å². The predicted octanol–water partition coefficient (Wildman–Crippen LogP) is 2.42. The van der Waals surface area contributed by atoms with Gasteiger partial charge in [0, 0.05) is 38.8 Å². The molecule has 11 nitrogen and oxygen atoms in total. The molecule has 2 unspecified atom stereocenters. The van der Waals surface area contributed by atoms with Gasteiger partial charge < -0.3 is 38.4 Å². The number of hydrogen-bond donors (Lipinski definition) is 1. The van der Waals surface area contributed by atoms with Crippen LogP contribution in [0.15, 0.2) is 24.7 Å². The maximum absolute atomic E-state index is 11.8. The van der Waals surface area contributed by atoms with Gasteiger partial charge in [-0.15, -0.1) is 0 Å². The molecule has 1 amide bonds. The molecule has 3 rings (SSSR count). The lowest BCUT2D eigenvalue weighted by Gasteiger charge is -2.39. The van der Waals surface area contributed by atoms with Crippen molar-refractivity contribution in [2.45, 2.75) is 71.2 Å². The first-order valence-corrected chi connectivity index (χ1v) is 13.4. The molecular weight excluding hydrogens is 505 g/mol. The monoisotopic (exact) mass is 542 g/mol. The number of carbonyl (C=O) groups is 1. The second-order valence-electron chi connectivity index (χ2n) is 8.98. The third-order valence-corrected chi connectivity index (χ3v) is 8.16. The van der Waals surface area contributed by atoms with E-state index < -0.39 is 33.1 Å². The second kappa shape index (κ2) is 13.1. The number of thiocarbonyl (C=S) groups is 1. The zero-order valence-corrected chi connectivity index (χ0v) is 22.9. The minimum absolute atomic E-state index is 0.0613. The third kappa shape index (κ3) is 6.92. The summed E-state index contributed by atoms with van der Waals surface area (Å²) >= 11 is 5.64. The van der Waals surface area contributed by atoms with Gasteiger partial charge in [0.1, 0.15) is 18.5 Å². The summed E-state index contributed by atoms with van der Waals surface area (Å²) in [5.74, 6) is 0.00470. The van der Waals surface area contributed by atoms with Crippen LogP contribution in [0.25, 0.3) is 0 Å². The highest BCUT2D eigenvalue weighted by Crippen LogP contribution is 2.49. The molecule has 0 aliphatic carbocycles. The van der Waals surface area contributed by atoms with Crippen LogP contribution in [-0.4, -0.2) is 95.1 Å². The van der Waals surface area contributed by atoms with Crippen LogP contribution in [0.4, 0.5) is 0 Å². The zero-order chi connectivity index (χ0) is 27.1. The minimum Gasteiger partial charge on any atom is -0.460 e. The van der Waals surface area contributed by atoms with Gasteiger partial charge in [0.15, 0.2) is 12.3 Å². The highest BCUT2D eigenvalue weighted by molar-refractivity contribution is 7.80. The summed E-state index contributed by atoms with van der Waals surface area (Å²) in [6, 6.07) is 2.14. The summed E-state index contributed by atoms with van der Waals surface area (Å²) < 4.78 is 40.7. The van der Waals surface area contributed by atoms with Gasteiger partial charge in [-0.25, -0.2) is 4.67 Å². The van der Waals surface area contributed by atoms with E-state index in [-0.39, 0.29) is 36.7 Å². The maximum Gasteiger partial charge on any atom is 0.260 e. The van der Waals surface area contributed by atoms with Crippen LogP contribution >= 0.6 is 20.7 Å². The van der Waals surface area contributed by atoms with E-state index in [0.717, 1.165) is 0 Å². The number of morpholine rings is 1. The first-order valence-electron chi connectivity index (χ1n) is 12.6. The average molecular weight is 543 g/mol. The number of rotatable bonds is 9. The Labute approximate surface area is 221 Å². The van der Waals surface area contributed by atoms with Crippen LogP contribution in [0.1, 0.15) is 36.0 Å². The van der Waals surface area contributed by atoms with E-state index in [1.54, 1.807) is 11.1 Å². The molecule has 0 spiro atoms. The Kier molecular flexibility index (Phi) is 9.90. The van der Waals surface area contributed by atoms with E-state index in [4.69, 9.17) is 36.8 Å². The number of nitrogens with one attached hydrogen (secondary N) is 1. The van der Waals surface area contributed by atoms with E-state index in [9.17, 15) is 10.1 Å². The molecule has 200 valence electrons. The summed E-state index contributed by atoms with van der Waals surface area (Å²) in [6.07, 6.45) is -0.112. The van der Waals surface area contributed by atoms with Gasteiger partial charge in [-0.2, -0.15) is 5.26 Å². The zero-order valence-electron chi connectivity index (χ0n) is 22.2. The van der Waals surface area contributed by atoms with Crippen LogP contribution in [0.3, 0.4) is 0 Å². The topological polar surface area (TPSA) is 109 Å². The minimum atomic E-state index is -1.71. The van der Waals surface area contributed by atoms with Gasteiger partial charge in [-0.05, 0) is 46.8 Å². The van der Waals surface area contributed by atoms with Crippen molar-refractivity contribution in [3.05, 3.63) is 24.7 Å². The number of hydrogen-bond acceptors (Lipinski definition) is 10. The molecule has 3 aliphatic rings. The van der Waals surface area contributed by atoms with Gasteiger partial charge in [0.2, 0.25) is 0 Å². The summed E-state index contributed by atoms with van der Waals surface area (Å²) in [7, 11) is -1.71. The molecule has 13 heteroatoms. The fourth-order valence-corrected chi connectivity index (χ4v) is 6.14. The largest absolute Gasteiger partial charge is 0.460 e. The van der Waals surface area contributed by atoms with Crippen molar-refractivity contribution in [3.63, 3.8) is 0 Å². The van der Waals surface area contributed by atoms with Crippen molar-refractivity contribution in [1.82, 2.24) is 19.8 Å². The van der Waals surface area contributed by atoms with Gasteiger partial charge in [-0.3, -0.25) is 4.79 Å². The van der Waals surface area contributed by atoms with Crippen LogP contribution in [0, 0.1) is 11.3 Å². The predicted molar refractivity (Wildman–Crippen MR) is 138 cm³/mol. The summed E-state index contributed by atoms with van der Waals surface area (Å²) in [5.41, 5.74) is 0. The molecule has 1 N–H and O–H groups in total. The summed E-state index contributed by atoms with van der Waals surface area (Å²) in [4.78, 5) is 15.4. The average Bonchev–Trinajstić information content (AvgIpc) is 3.19. The number of carbonyl (C=O) groups excluding carboxylic acids is 1. The van der Waals surface area contributed by atoms with Gasteiger partial charge in [-0.1, -0.05) is 6.58 Å². The summed E-state index contributed by atoms with van der Waals surface area (Å²) in [5, 5.41) is 12.1. The van der Waals surface area contributed by atoms with Crippen molar-refractivity contribution in [3.8, 4) is 6.07 Å². The lowest BCUT2D eigenvalue weighted by Crippen LogP contribution is -2.51. The van der Waals surface area contributed by atoms with Crippen molar-refractivity contribution >= 4 is 31.8 Å². The Bertz CT molecular complexity index is 891. The van der Waals surface area contributed by atoms with Crippen LogP contribution in [0.5, 0.6) is 0 Å². The van der Waals surface area contributed by atoms with E-state index >= 15 is 0 Å². The highest BCUT2D eigenvalue weighted by atomic mass is 32.1. The quantitative estimate of drug-likeness (QED) is 0.343. The first kappa shape index (κ1) is 27.2.